The molecule has 0 atom stereocenters. The van der Waals surface area contributed by atoms with E-state index in [9.17, 15) is 9.59 Å². The Bertz CT molecular complexity index is 2230. The normalized spacial score (nSPS) is 14.5. The molecule has 2 amide bonds. The van der Waals surface area contributed by atoms with Crippen LogP contribution in [-0.2, 0) is 9.59 Å². The molecule has 7 rings (SSSR count). The Kier molecular flexibility index (Phi) is 7.55. The Morgan fingerprint density at radius 2 is 0.708 bits per heavy atom. The quantitative estimate of drug-likeness (QED) is 0.195. The third kappa shape index (κ3) is 5.00. The highest BCUT2D eigenvalue weighted by atomic mass is 16.2. The lowest BCUT2D eigenvalue weighted by Crippen LogP contribution is -2.25. The predicted molar refractivity (Wildman–Crippen MR) is 197 cm³/mol. The lowest BCUT2D eigenvalue weighted by atomic mass is 9.89. The molecule has 0 N–H and O–H groups in total. The first-order chi connectivity index (χ1) is 22.9. The lowest BCUT2D eigenvalue weighted by Gasteiger charge is -2.20. The van der Waals surface area contributed by atoms with Gasteiger partial charge in [0, 0.05) is 14.1 Å². The number of likely N-dealkylation sites (N-methyl/N-ethyl adjacent to an activating group) is 2. The minimum atomic E-state index is -0.163. The second-order valence-corrected chi connectivity index (χ2v) is 13.4. The number of benzene rings is 5. The van der Waals surface area contributed by atoms with E-state index in [4.69, 9.17) is 0 Å². The average molecular weight is 629 g/mol. The standard InChI is InChI=1S/C44H40N2O2/c1-25-9-11-27(3)35(21-25)31-13-17-33(18-14-31)41-39-40(44(48)45(41)7)42(46(8)43(39)47)34-19-15-32(16-20-34)36-23-30(6)38(24-29(36)5)37-22-26(2)10-12-28(37)4/h9-24H,1-8H3. The summed E-state index contributed by atoms with van der Waals surface area (Å²) in [4.78, 5) is 30.9. The van der Waals surface area contributed by atoms with E-state index in [-0.39, 0.29) is 11.8 Å². The molecule has 0 saturated heterocycles. The van der Waals surface area contributed by atoms with E-state index in [2.05, 4.69) is 114 Å². The number of rotatable bonds is 5. The van der Waals surface area contributed by atoms with E-state index >= 15 is 0 Å². The van der Waals surface area contributed by atoms with E-state index in [0.29, 0.717) is 22.5 Å². The Hall–Kier alpha value is -5.48. The monoisotopic (exact) mass is 628 g/mol. The zero-order valence-electron chi connectivity index (χ0n) is 28.9. The highest BCUT2D eigenvalue weighted by Crippen LogP contribution is 2.46. The molecule has 0 unspecified atom stereocenters. The first-order valence-electron chi connectivity index (χ1n) is 16.5. The predicted octanol–water partition coefficient (Wildman–Crippen LogP) is 9.60. The average Bonchev–Trinajstić information content (AvgIpc) is 3.48. The van der Waals surface area contributed by atoms with Gasteiger partial charge in [0.25, 0.3) is 11.8 Å². The van der Waals surface area contributed by atoms with Crippen LogP contribution in [0, 0.1) is 41.5 Å². The molecular formula is C44H40N2O2. The van der Waals surface area contributed by atoms with Crippen LogP contribution in [0.2, 0.25) is 0 Å². The molecule has 4 heteroatoms. The van der Waals surface area contributed by atoms with Crippen LogP contribution in [0.25, 0.3) is 44.8 Å². The Balaban J connectivity index is 1.25. The summed E-state index contributed by atoms with van der Waals surface area (Å²) in [6.07, 6.45) is 0. The molecule has 5 aromatic carbocycles. The van der Waals surface area contributed by atoms with Crippen molar-refractivity contribution in [3.8, 4) is 33.4 Å². The maximum Gasteiger partial charge on any atom is 0.261 e. The number of carbonyl (C=O) groups excluding carboxylic acids is 2. The molecule has 0 aliphatic carbocycles. The maximum atomic E-state index is 13.8. The van der Waals surface area contributed by atoms with Crippen molar-refractivity contribution < 1.29 is 9.59 Å². The summed E-state index contributed by atoms with van der Waals surface area (Å²) in [7, 11) is 3.52. The molecule has 238 valence electrons. The lowest BCUT2D eigenvalue weighted by molar-refractivity contribution is -0.123. The molecule has 2 aliphatic rings. The Morgan fingerprint density at radius 3 is 1.19 bits per heavy atom. The van der Waals surface area contributed by atoms with Crippen molar-refractivity contribution >= 4 is 23.2 Å². The van der Waals surface area contributed by atoms with Crippen LogP contribution in [0.15, 0.2) is 108 Å². The van der Waals surface area contributed by atoms with Gasteiger partial charge in [-0.1, -0.05) is 108 Å². The van der Waals surface area contributed by atoms with Gasteiger partial charge in [-0.25, -0.2) is 0 Å². The Labute approximate surface area is 283 Å². The summed E-state index contributed by atoms with van der Waals surface area (Å²) in [6.45, 7) is 12.8. The summed E-state index contributed by atoms with van der Waals surface area (Å²) < 4.78 is 0. The maximum absolute atomic E-state index is 13.8. The number of fused-ring (bicyclic) bond motifs is 1. The van der Waals surface area contributed by atoms with Crippen LogP contribution in [0.3, 0.4) is 0 Å². The smallest absolute Gasteiger partial charge is 0.261 e. The van der Waals surface area contributed by atoms with Gasteiger partial charge in [0.2, 0.25) is 0 Å². The van der Waals surface area contributed by atoms with Gasteiger partial charge in [0.05, 0.1) is 22.5 Å². The van der Waals surface area contributed by atoms with Crippen molar-refractivity contribution in [3.63, 3.8) is 0 Å². The van der Waals surface area contributed by atoms with Crippen LogP contribution in [-0.4, -0.2) is 35.7 Å². The summed E-state index contributed by atoms with van der Waals surface area (Å²) in [5, 5.41) is 0. The van der Waals surface area contributed by atoms with Crippen molar-refractivity contribution in [3.05, 3.63) is 153 Å². The fourth-order valence-corrected chi connectivity index (χ4v) is 7.31. The molecule has 2 heterocycles. The molecule has 0 bridgehead atoms. The zero-order chi connectivity index (χ0) is 34.0. The minimum Gasteiger partial charge on any atom is -0.310 e. The number of hydrogen-bond donors (Lipinski definition) is 0. The molecule has 0 fully saturated rings. The van der Waals surface area contributed by atoms with E-state index in [0.717, 1.165) is 22.3 Å². The third-order valence-electron chi connectivity index (χ3n) is 10.0. The number of carbonyl (C=O) groups is 2. The van der Waals surface area contributed by atoms with Crippen LogP contribution in [0.5, 0.6) is 0 Å². The first-order valence-corrected chi connectivity index (χ1v) is 16.5. The van der Waals surface area contributed by atoms with Gasteiger partial charge >= 0.3 is 0 Å². The molecule has 0 radical (unpaired) electrons. The molecule has 2 aliphatic heterocycles. The van der Waals surface area contributed by atoms with Crippen LogP contribution < -0.4 is 0 Å². The zero-order valence-corrected chi connectivity index (χ0v) is 28.9. The van der Waals surface area contributed by atoms with E-state index in [1.807, 2.05) is 24.3 Å². The van der Waals surface area contributed by atoms with Crippen molar-refractivity contribution in [1.29, 1.82) is 0 Å². The van der Waals surface area contributed by atoms with Gasteiger partial charge in [-0.2, -0.15) is 0 Å². The second kappa shape index (κ2) is 11.6. The van der Waals surface area contributed by atoms with Gasteiger partial charge in [-0.05, 0) is 108 Å². The third-order valence-corrected chi connectivity index (χ3v) is 10.0. The van der Waals surface area contributed by atoms with Crippen LogP contribution in [0.1, 0.15) is 44.5 Å². The number of hydrogen-bond acceptors (Lipinski definition) is 2. The fraction of sp³-hybridized carbons (Fsp3) is 0.182. The summed E-state index contributed by atoms with van der Waals surface area (Å²) in [5.74, 6) is -0.326. The van der Waals surface area contributed by atoms with Crippen molar-refractivity contribution in [2.75, 3.05) is 14.1 Å². The van der Waals surface area contributed by atoms with Gasteiger partial charge in [0.1, 0.15) is 0 Å². The van der Waals surface area contributed by atoms with E-state index < -0.39 is 0 Å². The topological polar surface area (TPSA) is 40.6 Å². The summed E-state index contributed by atoms with van der Waals surface area (Å²) in [6, 6.07) is 34.0. The van der Waals surface area contributed by atoms with Gasteiger partial charge in [-0.15, -0.1) is 0 Å². The second-order valence-electron chi connectivity index (χ2n) is 13.4. The summed E-state index contributed by atoms with van der Waals surface area (Å²) in [5.41, 5.74) is 18.4. The number of nitrogens with zero attached hydrogens (tertiary/aromatic N) is 2. The molecule has 0 saturated carbocycles. The number of aryl methyl sites for hydroxylation is 6. The minimum absolute atomic E-state index is 0.163. The van der Waals surface area contributed by atoms with Gasteiger partial charge in [0.15, 0.2) is 0 Å². The van der Waals surface area contributed by atoms with E-state index in [1.165, 1.54) is 55.6 Å². The molecule has 0 spiro atoms. The van der Waals surface area contributed by atoms with Crippen LogP contribution in [0.4, 0.5) is 0 Å². The van der Waals surface area contributed by atoms with Crippen molar-refractivity contribution in [1.82, 2.24) is 9.80 Å². The number of amides is 2. The molecule has 0 aromatic heterocycles. The largest absolute Gasteiger partial charge is 0.310 e. The van der Waals surface area contributed by atoms with Crippen molar-refractivity contribution in [2.45, 2.75) is 41.5 Å². The van der Waals surface area contributed by atoms with Crippen molar-refractivity contribution in [2.24, 2.45) is 0 Å². The highest BCUT2D eigenvalue weighted by molar-refractivity contribution is 6.30. The van der Waals surface area contributed by atoms with E-state index in [1.54, 1.807) is 23.9 Å². The van der Waals surface area contributed by atoms with Gasteiger partial charge < -0.3 is 9.80 Å². The van der Waals surface area contributed by atoms with Gasteiger partial charge in [-0.3, -0.25) is 9.59 Å². The summed E-state index contributed by atoms with van der Waals surface area (Å²) >= 11 is 0. The first kappa shape index (κ1) is 31.1. The van der Waals surface area contributed by atoms with Crippen LogP contribution >= 0.6 is 0 Å². The highest BCUT2D eigenvalue weighted by Gasteiger charge is 2.46. The molecular weight excluding hydrogens is 588 g/mol. The Morgan fingerprint density at radius 1 is 0.375 bits per heavy atom. The fourth-order valence-electron chi connectivity index (χ4n) is 7.31. The SMILES string of the molecule is Cc1ccc(C)c(-c2ccc(C3=C4C(=O)N(C)C(c5ccc(-c6cc(C)c(-c7cc(C)ccc7C)cc6C)cc5)=C4C(=O)N3C)cc2)c1. The molecule has 48 heavy (non-hydrogen) atoms. The molecule has 5 aromatic rings. The molecule has 4 nitrogen and oxygen atoms in total.